The number of aromatic nitrogens is 1. The summed E-state index contributed by atoms with van der Waals surface area (Å²) in [6.45, 7) is 7.57. The molecule has 0 radical (unpaired) electrons. The number of carbonyl (C=O) groups excluding carboxylic acids is 2. The lowest BCUT2D eigenvalue weighted by molar-refractivity contribution is -0.139. The predicted octanol–water partition coefficient (Wildman–Crippen LogP) is 2.95. The number of alkyl halides is 2. The first-order valence-corrected chi connectivity index (χ1v) is 8.97. The molecule has 6 nitrogen and oxygen atoms in total. The molecule has 2 heterocycles. The van der Waals surface area contributed by atoms with E-state index in [1.54, 1.807) is 20.8 Å². The molecule has 2 rings (SSSR count). The van der Waals surface area contributed by atoms with Crippen LogP contribution < -0.4 is 5.01 Å². The summed E-state index contributed by atoms with van der Waals surface area (Å²) in [5, 5.41) is 11.7. The van der Waals surface area contributed by atoms with Gasteiger partial charge in [0.2, 0.25) is 0 Å². The zero-order valence-corrected chi connectivity index (χ0v) is 16.2. The molecular formula is C19H25F2N3O3. The van der Waals surface area contributed by atoms with E-state index < -0.39 is 24.3 Å². The summed E-state index contributed by atoms with van der Waals surface area (Å²) in [5.41, 5.74) is 0.258. The van der Waals surface area contributed by atoms with Crippen molar-refractivity contribution in [1.82, 2.24) is 9.99 Å². The molecule has 8 heteroatoms. The monoisotopic (exact) mass is 381 g/mol. The van der Waals surface area contributed by atoms with Crippen LogP contribution in [0.25, 0.3) is 0 Å². The van der Waals surface area contributed by atoms with E-state index in [-0.39, 0.29) is 47.1 Å². The number of aryl methyl sites for hydroxylation is 1. The van der Waals surface area contributed by atoms with Crippen LogP contribution in [0.5, 0.6) is 0 Å². The molecule has 1 aromatic heterocycles. The average Bonchev–Trinajstić information content (AvgIpc) is 2.84. The molecule has 0 saturated carbocycles. The highest BCUT2D eigenvalue weighted by molar-refractivity contribution is 6.20. The number of nitrogens with zero attached hydrogens (tertiary/aromatic N) is 3. The number of halogens is 2. The Bertz CT molecular complexity index is 790. The van der Waals surface area contributed by atoms with E-state index in [2.05, 4.69) is 4.98 Å². The van der Waals surface area contributed by atoms with Crippen LogP contribution in [0.4, 0.5) is 14.6 Å². The van der Waals surface area contributed by atoms with Crippen LogP contribution >= 0.6 is 0 Å². The smallest absolute Gasteiger partial charge is 0.278 e. The van der Waals surface area contributed by atoms with Crippen LogP contribution in [0, 0.1) is 0 Å². The highest BCUT2D eigenvalue weighted by Crippen LogP contribution is 2.35. The normalized spacial score (nSPS) is 15.4. The minimum atomic E-state index is -3.00. The maximum absolute atomic E-state index is 14.2. The van der Waals surface area contributed by atoms with E-state index in [4.69, 9.17) is 0 Å². The molecule has 0 bridgehead atoms. The lowest BCUT2D eigenvalue weighted by atomic mass is 10.0. The maximum atomic E-state index is 14.2. The fraction of sp³-hybridized carbons (Fsp3) is 0.526. The fourth-order valence-electron chi connectivity index (χ4n) is 3.06. The quantitative estimate of drug-likeness (QED) is 0.735. The highest BCUT2D eigenvalue weighted by atomic mass is 19.3. The summed E-state index contributed by atoms with van der Waals surface area (Å²) in [5.74, 6) is -3.95. The van der Waals surface area contributed by atoms with Gasteiger partial charge in [0.15, 0.2) is 0 Å². The molecule has 0 fully saturated rings. The third-order valence-electron chi connectivity index (χ3n) is 4.65. The number of hydrogen-bond acceptors (Lipinski definition) is 5. The van der Waals surface area contributed by atoms with Gasteiger partial charge in [-0.1, -0.05) is 13.8 Å². The van der Waals surface area contributed by atoms with Crippen LogP contribution in [-0.2, 0) is 21.9 Å². The standard InChI is InChI=1S/C19H25F2N3O3/c1-6-15-14(19(20,21)7-2)8-9-16(22-15)23(11(3)4)24-17(26)12(5)13(10-25)18(24)27/h8-9,11,25H,6-7,10H2,1-5H3. The van der Waals surface area contributed by atoms with E-state index in [0.29, 0.717) is 0 Å². The van der Waals surface area contributed by atoms with Crippen molar-refractivity contribution in [3.05, 3.63) is 34.5 Å². The summed E-state index contributed by atoms with van der Waals surface area (Å²) < 4.78 is 28.4. The number of hydrazine groups is 1. The first kappa shape index (κ1) is 21.0. The molecule has 27 heavy (non-hydrogen) atoms. The summed E-state index contributed by atoms with van der Waals surface area (Å²) in [4.78, 5) is 29.5. The zero-order chi connectivity index (χ0) is 20.5. The van der Waals surface area contributed by atoms with Gasteiger partial charge in [-0.2, -0.15) is 5.01 Å². The third kappa shape index (κ3) is 3.58. The zero-order valence-electron chi connectivity index (χ0n) is 16.2. The topological polar surface area (TPSA) is 73.7 Å². The van der Waals surface area contributed by atoms with Crippen molar-refractivity contribution >= 4 is 17.6 Å². The maximum Gasteiger partial charge on any atom is 0.278 e. The van der Waals surface area contributed by atoms with Gasteiger partial charge >= 0.3 is 0 Å². The van der Waals surface area contributed by atoms with Crippen LogP contribution in [0.1, 0.15) is 52.3 Å². The summed E-state index contributed by atoms with van der Waals surface area (Å²) in [6.07, 6.45) is -0.0627. The number of aliphatic hydroxyl groups is 1. The Morgan fingerprint density at radius 2 is 1.85 bits per heavy atom. The van der Waals surface area contributed by atoms with Crippen molar-refractivity contribution in [3.63, 3.8) is 0 Å². The molecule has 1 aromatic rings. The molecule has 1 N–H and O–H groups in total. The van der Waals surface area contributed by atoms with Crippen LogP contribution in [-0.4, -0.2) is 39.6 Å². The van der Waals surface area contributed by atoms with Gasteiger partial charge in [-0.3, -0.25) is 14.6 Å². The first-order valence-electron chi connectivity index (χ1n) is 8.97. The highest BCUT2D eigenvalue weighted by Gasteiger charge is 2.41. The molecule has 0 aliphatic carbocycles. The first-order chi connectivity index (χ1) is 12.6. The molecule has 148 valence electrons. The Labute approximate surface area is 157 Å². The average molecular weight is 381 g/mol. The fourth-order valence-corrected chi connectivity index (χ4v) is 3.06. The number of amides is 2. The largest absolute Gasteiger partial charge is 0.391 e. The minimum Gasteiger partial charge on any atom is -0.391 e. The van der Waals surface area contributed by atoms with Crippen molar-refractivity contribution in [1.29, 1.82) is 0 Å². The van der Waals surface area contributed by atoms with Crippen molar-refractivity contribution in [2.24, 2.45) is 0 Å². The number of imide groups is 1. The van der Waals surface area contributed by atoms with E-state index >= 15 is 0 Å². The summed E-state index contributed by atoms with van der Waals surface area (Å²) >= 11 is 0. The van der Waals surface area contributed by atoms with Crippen LogP contribution in [0.15, 0.2) is 23.3 Å². The number of anilines is 1. The summed E-state index contributed by atoms with van der Waals surface area (Å²) in [7, 11) is 0. The SMILES string of the molecule is CCc1nc(N(C(C)C)N2C(=O)C(C)=C(CO)C2=O)ccc1C(F)(F)CC. The lowest BCUT2D eigenvalue weighted by Gasteiger charge is -2.35. The summed E-state index contributed by atoms with van der Waals surface area (Å²) in [6, 6.07) is 2.35. The van der Waals surface area contributed by atoms with Crippen LogP contribution in [0.3, 0.4) is 0 Å². The number of aliphatic hydroxyl groups excluding tert-OH is 1. The van der Waals surface area contributed by atoms with Gasteiger partial charge < -0.3 is 5.11 Å². The van der Waals surface area contributed by atoms with Crippen molar-refractivity contribution in [3.8, 4) is 0 Å². The molecule has 0 aromatic carbocycles. The molecule has 0 spiro atoms. The Kier molecular flexibility index (Phi) is 5.99. The Balaban J connectivity index is 2.53. The number of rotatable bonds is 7. The van der Waals surface area contributed by atoms with Gasteiger partial charge in [0.25, 0.3) is 17.7 Å². The second kappa shape index (κ2) is 7.72. The predicted molar refractivity (Wildman–Crippen MR) is 97.1 cm³/mol. The number of carbonyl (C=O) groups is 2. The van der Waals surface area contributed by atoms with E-state index in [9.17, 15) is 23.5 Å². The molecule has 0 saturated heterocycles. The minimum absolute atomic E-state index is 0.0236. The molecule has 0 atom stereocenters. The number of pyridine rings is 1. The second-order valence-electron chi connectivity index (χ2n) is 6.70. The Morgan fingerprint density at radius 3 is 2.30 bits per heavy atom. The third-order valence-corrected chi connectivity index (χ3v) is 4.65. The second-order valence-corrected chi connectivity index (χ2v) is 6.70. The molecule has 1 aliphatic rings. The van der Waals surface area contributed by atoms with Gasteiger partial charge in [0.1, 0.15) is 5.82 Å². The van der Waals surface area contributed by atoms with Crippen molar-refractivity contribution in [2.75, 3.05) is 11.6 Å². The van der Waals surface area contributed by atoms with Crippen molar-refractivity contribution in [2.45, 2.75) is 59.4 Å². The van der Waals surface area contributed by atoms with Gasteiger partial charge in [-0.05, 0) is 39.3 Å². The Morgan fingerprint density at radius 1 is 1.22 bits per heavy atom. The van der Waals surface area contributed by atoms with Gasteiger partial charge in [0.05, 0.1) is 17.9 Å². The van der Waals surface area contributed by atoms with Gasteiger partial charge in [0, 0.05) is 23.6 Å². The van der Waals surface area contributed by atoms with E-state index in [0.717, 1.165) is 5.01 Å². The molecular weight excluding hydrogens is 356 g/mol. The molecule has 0 unspecified atom stereocenters. The van der Waals surface area contributed by atoms with Crippen LogP contribution in [0.2, 0.25) is 0 Å². The van der Waals surface area contributed by atoms with Gasteiger partial charge in [-0.25, -0.2) is 13.8 Å². The Hall–Kier alpha value is -2.35. The van der Waals surface area contributed by atoms with E-state index in [1.165, 1.54) is 31.0 Å². The molecule has 1 aliphatic heterocycles. The number of hydrogen-bond donors (Lipinski definition) is 1. The van der Waals surface area contributed by atoms with Crippen molar-refractivity contribution < 1.29 is 23.5 Å². The van der Waals surface area contributed by atoms with Gasteiger partial charge in [-0.15, -0.1) is 0 Å². The molecule has 2 amide bonds. The van der Waals surface area contributed by atoms with E-state index in [1.807, 2.05) is 0 Å². The lowest BCUT2D eigenvalue weighted by Crippen LogP contribution is -2.51.